The lowest BCUT2D eigenvalue weighted by Crippen LogP contribution is -2.63. The van der Waals surface area contributed by atoms with E-state index in [0.717, 1.165) is 39.0 Å². The van der Waals surface area contributed by atoms with E-state index in [4.69, 9.17) is 0 Å². The minimum absolute atomic E-state index is 0.0198. The molecule has 2 fully saturated rings. The van der Waals surface area contributed by atoms with Crippen LogP contribution in [0.5, 0.6) is 0 Å². The molecule has 38 heavy (non-hydrogen) atoms. The number of hydrogen-bond acceptors (Lipinski definition) is 4. The van der Waals surface area contributed by atoms with Crippen LogP contribution in [0.15, 0.2) is 109 Å². The van der Waals surface area contributed by atoms with Gasteiger partial charge >= 0.3 is 0 Å². The zero-order valence-electron chi connectivity index (χ0n) is 21.7. The lowest BCUT2D eigenvalue weighted by atomic mass is 9.55. The molecule has 4 aliphatic heterocycles. The zero-order chi connectivity index (χ0) is 25.2. The molecule has 0 unspecified atom stereocenters. The minimum atomic E-state index is -0.0198. The lowest BCUT2D eigenvalue weighted by Gasteiger charge is -2.49. The van der Waals surface area contributed by atoms with E-state index in [-0.39, 0.29) is 23.2 Å². The van der Waals surface area contributed by atoms with Crippen LogP contribution in [0, 0.1) is 0 Å². The second-order valence-corrected chi connectivity index (χ2v) is 11.4. The maximum absolute atomic E-state index is 4.04. The molecule has 0 radical (unpaired) electrons. The average Bonchev–Trinajstić information content (AvgIpc) is 3.71. The van der Waals surface area contributed by atoms with Gasteiger partial charge in [-0.25, -0.2) is 0 Å². The third-order valence-corrected chi connectivity index (χ3v) is 9.85. The number of nitrogens with one attached hydrogen (secondary N) is 2. The summed E-state index contributed by atoms with van der Waals surface area (Å²) >= 11 is 0. The number of benzene rings is 4. The van der Waals surface area contributed by atoms with Crippen LogP contribution in [0.2, 0.25) is 0 Å². The normalized spacial score (nSPS) is 28.7. The van der Waals surface area contributed by atoms with Crippen molar-refractivity contribution >= 4 is 11.4 Å². The first kappa shape index (κ1) is 22.4. The predicted molar refractivity (Wildman–Crippen MR) is 154 cm³/mol. The van der Waals surface area contributed by atoms with Crippen molar-refractivity contribution in [2.45, 2.75) is 49.1 Å². The SMILES string of the molecule is c1ccc(CN2c3ccccc3[C@]3([C@]45CCN[C@H]4N(Cc4ccccc4)c4ccccc45)CCN[C@H]23)cc1. The van der Waals surface area contributed by atoms with Crippen LogP contribution in [-0.4, -0.2) is 25.4 Å². The summed E-state index contributed by atoms with van der Waals surface area (Å²) in [5.74, 6) is 0. The maximum Gasteiger partial charge on any atom is 0.0908 e. The largest absolute Gasteiger partial charge is 0.350 e. The van der Waals surface area contributed by atoms with Gasteiger partial charge in [-0.3, -0.25) is 10.6 Å². The van der Waals surface area contributed by atoms with E-state index in [2.05, 4.69) is 130 Å². The standard InChI is InChI=1S/C34H34N4/c1-3-11-25(12-4-1)23-37-29-17-9-7-15-27(29)33(19-21-35-31(33)37)34-20-22-36-32(34)38(24-26-13-5-2-6-14-26)30-18-10-8-16-28(30)34/h1-18,31-32,35-36H,19-24H2/t31-,32+,33-,34+. The highest BCUT2D eigenvalue weighted by Gasteiger charge is 2.71. The molecule has 0 aliphatic carbocycles. The van der Waals surface area contributed by atoms with Crippen LogP contribution < -0.4 is 20.4 Å². The van der Waals surface area contributed by atoms with Gasteiger partial charge in [0.15, 0.2) is 0 Å². The Balaban J connectivity index is 1.31. The molecule has 4 aliphatic rings. The van der Waals surface area contributed by atoms with E-state index >= 15 is 0 Å². The van der Waals surface area contributed by atoms with Crippen LogP contribution in [0.4, 0.5) is 11.4 Å². The number of anilines is 2. The Morgan fingerprint density at radius 1 is 0.526 bits per heavy atom. The third-order valence-electron chi connectivity index (χ3n) is 9.85. The summed E-state index contributed by atoms with van der Waals surface area (Å²) in [4.78, 5) is 5.34. The van der Waals surface area contributed by atoms with E-state index in [1.165, 1.54) is 33.6 Å². The Morgan fingerprint density at radius 3 is 1.37 bits per heavy atom. The number of fused-ring (bicyclic) bond motifs is 7. The molecule has 8 rings (SSSR count). The van der Waals surface area contributed by atoms with Gasteiger partial charge < -0.3 is 9.80 Å². The summed E-state index contributed by atoms with van der Waals surface area (Å²) < 4.78 is 0. The molecule has 0 aromatic heterocycles. The summed E-state index contributed by atoms with van der Waals surface area (Å²) in [6.07, 6.45) is 2.80. The number of nitrogens with zero attached hydrogens (tertiary/aromatic N) is 2. The molecule has 4 aromatic carbocycles. The summed E-state index contributed by atoms with van der Waals surface area (Å²) in [7, 11) is 0. The van der Waals surface area contributed by atoms with E-state index < -0.39 is 0 Å². The number of rotatable bonds is 5. The molecule has 4 heteroatoms. The summed E-state index contributed by atoms with van der Waals surface area (Å²) in [5, 5.41) is 8.07. The fraction of sp³-hybridized carbons (Fsp3) is 0.294. The molecular formula is C34H34N4. The highest BCUT2D eigenvalue weighted by Crippen LogP contribution is 2.66. The molecule has 2 saturated heterocycles. The van der Waals surface area contributed by atoms with Gasteiger partial charge in [-0.15, -0.1) is 0 Å². The van der Waals surface area contributed by atoms with E-state index in [0.29, 0.717) is 0 Å². The Hall–Kier alpha value is -3.60. The fourth-order valence-electron chi connectivity index (χ4n) is 8.56. The van der Waals surface area contributed by atoms with Crippen molar-refractivity contribution in [2.24, 2.45) is 0 Å². The van der Waals surface area contributed by atoms with Gasteiger partial charge in [0.2, 0.25) is 0 Å². The number of hydrogen-bond donors (Lipinski definition) is 2. The van der Waals surface area contributed by atoms with Gasteiger partial charge in [0, 0.05) is 35.3 Å². The molecule has 0 amide bonds. The van der Waals surface area contributed by atoms with Crippen LogP contribution in [-0.2, 0) is 23.9 Å². The Kier molecular flexibility index (Phi) is 4.98. The minimum Gasteiger partial charge on any atom is -0.350 e. The van der Waals surface area contributed by atoms with Crippen molar-refractivity contribution in [1.29, 1.82) is 0 Å². The van der Waals surface area contributed by atoms with Crippen molar-refractivity contribution in [1.82, 2.24) is 10.6 Å². The highest BCUT2D eigenvalue weighted by molar-refractivity contribution is 5.74. The van der Waals surface area contributed by atoms with Gasteiger partial charge in [-0.2, -0.15) is 0 Å². The second-order valence-electron chi connectivity index (χ2n) is 11.4. The van der Waals surface area contributed by atoms with E-state index in [1.54, 1.807) is 0 Å². The average molecular weight is 499 g/mol. The molecule has 4 aromatic rings. The van der Waals surface area contributed by atoms with Crippen molar-refractivity contribution in [2.75, 3.05) is 22.9 Å². The van der Waals surface area contributed by atoms with Gasteiger partial charge in [0.1, 0.15) is 0 Å². The van der Waals surface area contributed by atoms with Crippen molar-refractivity contribution < 1.29 is 0 Å². The third kappa shape index (κ3) is 2.88. The van der Waals surface area contributed by atoms with Crippen LogP contribution in [0.25, 0.3) is 0 Å². The van der Waals surface area contributed by atoms with E-state index in [9.17, 15) is 0 Å². The summed E-state index contributed by atoms with van der Waals surface area (Å²) in [6, 6.07) is 40.5. The topological polar surface area (TPSA) is 30.5 Å². The van der Waals surface area contributed by atoms with Crippen LogP contribution >= 0.6 is 0 Å². The van der Waals surface area contributed by atoms with Crippen molar-refractivity contribution in [3.63, 3.8) is 0 Å². The van der Waals surface area contributed by atoms with Crippen LogP contribution in [0.3, 0.4) is 0 Å². The van der Waals surface area contributed by atoms with Gasteiger partial charge in [-0.05, 0) is 60.3 Å². The Bertz CT molecular complexity index is 1360. The Labute approximate surface area is 225 Å². The van der Waals surface area contributed by atoms with Crippen LogP contribution in [0.1, 0.15) is 35.1 Å². The molecular weight excluding hydrogens is 464 g/mol. The zero-order valence-corrected chi connectivity index (χ0v) is 21.7. The van der Waals surface area contributed by atoms with Crippen molar-refractivity contribution in [3.05, 3.63) is 131 Å². The van der Waals surface area contributed by atoms with Gasteiger partial charge in [0.25, 0.3) is 0 Å². The molecule has 4 heterocycles. The molecule has 4 nitrogen and oxygen atoms in total. The van der Waals surface area contributed by atoms with E-state index in [1.807, 2.05) is 0 Å². The monoisotopic (exact) mass is 498 g/mol. The van der Waals surface area contributed by atoms with Gasteiger partial charge in [0.05, 0.1) is 12.3 Å². The summed E-state index contributed by atoms with van der Waals surface area (Å²) in [5.41, 5.74) is 8.53. The summed E-state index contributed by atoms with van der Waals surface area (Å²) in [6.45, 7) is 3.92. The first-order valence-electron chi connectivity index (χ1n) is 14.1. The maximum atomic E-state index is 4.04. The second kappa shape index (κ2) is 8.45. The Morgan fingerprint density at radius 2 is 0.921 bits per heavy atom. The number of para-hydroxylation sites is 2. The molecule has 2 N–H and O–H groups in total. The predicted octanol–water partition coefficient (Wildman–Crippen LogP) is 5.54. The first-order valence-corrected chi connectivity index (χ1v) is 14.1. The van der Waals surface area contributed by atoms with Gasteiger partial charge in [-0.1, -0.05) is 97.1 Å². The molecule has 0 bridgehead atoms. The van der Waals surface area contributed by atoms with Crippen molar-refractivity contribution in [3.8, 4) is 0 Å². The molecule has 0 saturated carbocycles. The lowest BCUT2D eigenvalue weighted by molar-refractivity contribution is 0.182. The highest BCUT2D eigenvalue weighted by atomic mass is 15.4. The molecule has 0 spiro atoms. The quantitative estimate of drug-likeness (QED) is 0.378. The first-order chi connectivity index (χ1) is 18.8. The molecule has 4 atom stereocenters. The smallest absolute Gasteiger partial charge is 0.0908 e. The fourth-order valence-corrected chi connectivity index (χ4v) is 8.56. The molecule has 190 valence electrons.